The zero-order chi connectivity index (χ0) is 13.5. The van der Waals surface area contributed by atoms with Crippen LogP contribution in [0.3, 0.4) is 0 Å². The van der Waals surface area contributed by atoms with E-state index in [1.54, 1.807) is 6.33 Å². The van der Waals surface area contributed by atoms with Crippen molar-refractivity contribution in [3.8, 4) is 0 Å². The largest absolute Gasteiger partial charge is 0.352 e. The van der Waals surface area contributed by atoms with Crippen LogP contribution in [0, 0.1) is 0 Å². The van der Waals surface area contributed by atoms with Gasteiger partial charge in [-0.2, -0.15) is 0 Å². The highest BCUT2D eigenvalue weighted by atomic mass is 35.5. The summed E-state index contributed by atoms with van der Waals surface area (Å²) in [7, 11) is 0. The Labute approximate surface area is 116 Å². The second-order valence-corrected chi connectivity index (χ2v) is 5.19. The predicted octanol–water partition coefficient (Wildman–Crippen LogP) is 3.83. The second kappa shape index (κ2) is 7.57. The van der Waals surface area contributed by atoms with E-state index in [2.05, 4.69) is 48.6 Å². The molecule has 0 radical (unpaired) electrons. The Hall–Kier alpha value is -0.830. The van der Waals surface area contributed by atoms with Crippen LogP contribution < -0.4 is 4.90 Å². The zero-order valence-corrected chi connectivity index (χ0v) is 12.6. The van der Waals surface area contributed by atoms with Crippen molar-refractivity contribution in [3.63, 3.8) is 0 Å². The summed E-state index contributed by atoms with van der Waals surface area (Å²) < 4.78 is 0. The van der Waals surface area contributed by atoms with Gasteiger partial charge in [-0.25, -0.2) is 9.97 Å². The van der Waals surface area contributed by atoms with Crippen molar-refractivity contribution < 1.29 is 0 Å². The van der Waals surface area contributed by atoms with Crippen LogP contribution in [0.1, 0.15) is 52.1 Å². The van der Waals surface area contributed by atoms with Gasteiger partial charge in [0.25, 0.3) is 0 Å². The number of anilines is 1. The van der Waals surface area contributed by atoms with Gasteiger partial charge in [-0.15, -0.1) is 11.6 Å². The fourth-order valence-electron chi connectivity index (χ4n) is 2.14. The monoisotopic (exact) mass is 269 g/mol. The van der Waals surface area contributed by atoms with E-state index in [1.807, 2.05) is 0 Å². The number of alkyl halides is 1. The molecule has 3 nitrogen and oxygen atoms in total. The maximum absolute atomic E-state index is 5.92. The Morgan fingerprint density at radius 3 is 2.39 bits per heavy atom. The van der Waals surface area contributed by atoms with Crippen molar-refractivity contribution in [3.05, 3.63) is 18.1 Å². The predicted molar refractivity (Wildman–Crippen MR) is 78.6 cm³/mol. The lowest BCUT2D eigenvalue weighted by Crippen LogP contribution is -2.36. The van der Waals surface area contributed by atoms with E-state index >= 15 is 0 Å². The van der Waals surface area contributed by atoms with Gasteiger partial charge >= 0.3 is 0 Å². The second-order valence-electron chi connectivity index (χ2n) is 4.81. The van der Waals surface area contributed by atoms with Crippen LogP contribution in [0.4, 0.5) is 5.82 Å². The smallest absolute Gasteiger partial charge is 0.132 e. The minimum absolute atomic E-state index is 0.423. The first-order valence-electron chi connectivity index (χ1n) is 6.78. The lowest BCUT2D eigenvalue weighted by atomic mass is 10.1. The first-order chi connectivity index (χ1) is 8.63. The molecule has 0 bridgehead atoms. The van der Waals surface area contributed by atoms with E-state index in [9.17, 15) is 0 Å². The van der Waals surface area contributed by atoms with Gasteiger partial charge in [0.1, 0.15) is 12.1 Å². The van der Waals surface area contributed by atoms with Crippen molar-refractivity contribution in [1.29, 1.82) is 0 Å². The summed E-state index contributed by atoms with van der Waals surface area (Å²) in [5.74, 6) is 2.05. The van der Waals surface area contributed by atoms with Gasteiger partial charge in [0.2, 0.25) is 0 Å². The van der Waals surface area contributed by atoms with Gasteiger partial charge in [-0.1, -0.05) is 27.7 Å². The number of rotatable bonds is 7. The highest BCUT2D eigenvalue weighted by Crippen LogP contribution is 2.21. The summed E-state index contributed by atoms with van der Waals surface area (Å²) in [5, 5.41) is 0. The van der Waals surface area contributed by atoms with Crippen molar-refractivity contribution in [2.75, 3.05) is 17.3 Å². The maximum Gasteiger partial charge on any atom is 0.132 e. The lowest BCUT2D eigenvalue weighted by Gasteiger charge is -2.31. The fourth-order valence-corrected chi connectivity index (χ4v) is 2.32. The van der Waals surface area contributed by atoms with Gasteiger partial charge in [-0.3, -0.25) is 0 Å². The summed E-state index contributed by atoms with van der Waals surface area (Å²) in [4.78, 5) is 11.0. The molecule has 1 heterocycles. The minimum atomic E-state index is 0.423. The van der Waals surface area contributed by atoms with E-state index in [-0.39, 0.29) is 0 Å². The Kier molecular flexibility index (Phi) is 6.41. The highest BCUT2D eigenvalue weighted by Gasteiger charge is 2.17. The third-order valence-corrected chi connectivity index (χ3v) is 3.44. The van der Waals surface area contributed by atoms with Crippen molar-refractivity contribution in [2.45, 2.75) is 52.5 Å². The molecule has 0 aliphatic carbocycles. The number of nitrogens with zero attached hydrogens (tertiary/aromatic N) is 3. The van der Waals surface area contributed by atoms with E-state index < -0.39 is 0 Å². The SMILES string of the molecule is CCC(CC)N(CCCl)c1cc(C(C)C)ncn1. The highest BCUT2D eigenvalue weighted by molar-refractivity contribution is 6.18. The third-order valence-electron chi connectivity index (χ3n) is 3.27. The lowest BCUT2D eigenvalue weighted by molar-refractivity contribution is 0.561. The van der Waals surface area contributed by atoms with Crippen molar-refractivity contribution >= 4 is 17.4 Å². The van der Waals surface area contributed by atoms with Gasteiger partial charge in [0.15, 0.2) is 0 Å². The normalized spacial score (nSPS) is 11.3. The van der Waals surface area contributed by atoms with Crippen LogP contribution in [0.25, 0.3) is 0 Å². The molecule has 0 saturated heterocycles. The van der Waals surface area contributed by atoms with E-state index in [4.69, 9.17) is 11.6 Å². The number of hydrogen-bond acceptors (Lipinski definition) is 3. The van der Waals surface area contributed by atoms with Crippen molar-refractivity contribution in [2.24, 2.45) is 0 Å². The Balaban J connectivity index is 3.00. The molecule has 0 unspecified atom stereocenters. The molecule has 1 rings (SSSR count). The molecule has 0 spiro atoms. The first kappa shape index (κ1) is 15.2. The van der Waals surface area contributed by atoms with Crippen LogP contribution in [0.5, 0.6) is 0 Å². The van der Waals surface area contributed by atoms with Crippen LogP contribution in [-0.4, -0.2) is 28.4 Å². The maximum atomic E-state index is 5.92. The molecule has 0 aromatic carbocycles. The number of halogens is 1. The molecule has 0 aliphatic heterocycles. The average Bonchev–Trinajstić information content (AvgIpc) is 2.39. The molecule has 0 N–H and O–H groups in total. The first-order valence-corrected chi connectivity index (χ1v) is 7.31. The molecule has 1 aromatic heterocycles. The van der Waals surface area contributed by atoms with E-state index in [1.165, 1.54) is 0 Å². The molecular weight excluding hydrogens is 246 g/mol. The molecule has 18 heavy (non-hydrogen) atoms. The van der Waals surface area contributed by atoms with Gasteiger partial charge in [-0.05, 0) is 18.8 Å². The quantitative estimate of drug-likeness (QED) is 0.705. The molecule has 0 fully saturated rings. The molecule has 0 aliphatic rings. The summed E-state index contributed by atoms with van der Waals surface area (Å²) in [6.07, 6.45) is 3.87. The van der Waals surface area contributed by atoms with Gasteiger partial charge in [0, 0.05) is 30.2 Å². The fraction of sp³-hybridized carbons (Fsp3) is 0.714. The van der Waals surface area contributed by atoms with Crippen LogP contribution in [-0.2, 0) is 0 Å². The molecule has 0 amide bonds. The molecule has 4 heteroatoms. The molecule has 0 saturated carbocycles. The Bertz CT molecular complexity index is 351. The standard InChI is InChI=1S/C14H24ClN3/c1-5-12(6-2)18(8-7-15)14-9-13(11(3)4)16-10-17-14/h9-12H,5-8H2,1-4H3. The minimum Gasteiger partial charge on any atom is -0.352 e. The summed E-state index contributed by atoms with van der Waals surface area (Å²) >= 11 is 5.92. The molecule has 102 valence electrons. The third kappa shape index (κ3) is 3.84. The molecule has 0 atom stereocenters. The van der Waals surface area contributed by atoms with Crippen LogP contribution >= 0.6 is 11.6 Å². The summed E-state index contributed by atoms with van der Waals surface area (Å²) in [5.41, 5.74) is 1.09. The Morgan fingerprint density at radius 2 is 1.89 bits per heavy atom. The van der Waals surface area contributed by atoms with E-state index in [0.29, 0.717) is 17.8 Å². The van der Waals surface area contributed by atoms with Crippen LogP contribution in [0.15, 0.2) is 12.4 Å². The van der Waals surface area contributed by atoms with Crippen molar-refractivity contribution in [1.82, 2.24) is 9.97 Å². The summed E-state index contributed by atoms with van der Waals surface area (Å²) in [6, 6.07) is 2.59. The van der Waals surface area contributed by atoms with Crippen LogP contribution in [0.2, 0.25) is 0 Å². The molecule has 1 aromatic rings. The number of aromatic nitrogens is 2. The Morgan fingerprint density at radius 1 is 1.22 bits per heavy atom. The van der Waals surface area contributed by atoms with Gasteiger partial charge in [0.05, 0.1) is 0 Å². The molecular formula is C14H24ClN3. The average molecular weight is 270 g/mol. The summed E-state index contributed by atoms with van der Waals surface area (Å²) in [6.45, 7) is 9.55. The van der Waals surface area contributed by atoms with Gasteiger partial charge < -0.3 is 4.90 Å². The number of hydrogen-bond donors (Lipinski definition) is 0. The zero-order valence-electron chi connectivity index (χ0n) is 11.9. The van der Waals surface area contributed by atoms with E-state index in [0.717, 1.165) is 30.9 Å². The topological polar surface area (TPSA) is 29.0 Å².